The number of carbonyl (C=O) groups excluding carboxylic acids is 2. The molecule has 0 aromatic heterocycles. The van der Waals surface area contributed by atoms with Crippen molar-refractivity contribution in [3.05, 3.63) is 62.6 Å². The maximum atomic E-state index is 13.7. The van der Waals surface area contributed by atoms with E-state index in [1.807, 2.05) is 6.92 Å². The van der Waals surface area contributed by atoms with Crippen molar-refractivity contribution in [1.82, 2.24) is 10.2 Å². The van der Waals surface area contributed by atoms with Crippen LogP contribution in [-0.4, -0.2) is 50.0 Å². The Hall–Kier alpha value is -2.00. The monoisotopic (exact) mass is 629 g/mol. The van der Waals surface area contributed by atoms with Crippen molar-refractivity contribution in [2.24, 2.45) is 0 Å². The Bertz CT molecular complexity index is 1300. The largest absolute Gasteiger partial charge is 0.352 e. The summed E-state index contributed by atoms with van der Waals surface area (Å²) in [6, 6.07) is 9.58. The predicted molar refractivity (Wildman–Crippen MR) is 164 cm³/mol. The highest BCUT2D eigenvalue weighted by atomic mass is 35.5. The lowest BCUT2D eigenvalue weighted by molar-refractivity contribution is -0.141. The summed E-state index contributed by atoms with van der Waals surface area (Å²) in [5, 5.41) is 4.50. The van der Waals surface area contributed by atoms with E-state index >= 15 is 0 Å². The van der Waals surface area contributed by atoms with Crippen molar-refractivity contribution < 1.29 is 18.0 Å². The number of sulfonamides is 1. The van der Waals surface area contributed by atoms with Gasteiger partial charge in [-0.05, 0) is 68.0 Å². The van der Waals surface area contributed by atoms with Crippen molar-refractivity contribution in [1.29, 1.82) is 0 Å². The first-order valence-electron chi connectivity index (χ1n) is 13.7. The van der Waals surface area contributed by atoms with Gasteiger partial charge in [0.15, 0.2) is 0 Å². The molecule has 2 aromatic carbocycles. The second kappa shape index (κ2) is 14.8. The maximum absolute atomic E-state index is 13.7. The maximum Gasteiger partial charge on any atom is 0.243 e. The average Bonchev–Trinajstić information content (AvgIpc) is 2.89. The standard InChI is InChI=1S/C29H38Cl3N3O4S/c1-4-26(29(37)33-23-10-6-5-7-11-23)34(19-21-15-16-22(30)18-25(21)32)28(36)14-9-17-35(40(3,38)39)27-13-8-12-24(31)20(27)2/h8,12-13,15-16,18,23,26H,4-7,9-11,14,17,19H2,1-3H3,(H,33,37). The van der Waals surface area contributed by atoms with Gasteiger partial charge in [-0.1, -0.05) is 73.1 Å². The van der Waals surface area contributed by atoms with Crippen LogP contribution < -0.4 is 9.62 Å². The molecule has 40 heavy (non-hydrogen) atoms. The minimum absolute atomic E-state index is 0.0457. The minimum Gasteiger partial charge on any atom is -0.352 e. The lowest BCUT2D eigenvalue weighted by atomic mass is 9.95. The summed E-state index contributed by atoms with van der Waals surface area (Å²) in [4.78, 5) is 28.7. The van der Waals surface area contributed by atoms with Gasteiger partial charge in [0, 0.05) is 40.6 Å². The van der Waals surface area contributed by atoms with Gasteiger partial charge in [0.1, 0.15) is 6.04 Å². The van der Waals surface area contributed by atoms with Gasteiger partial charge >= 0.3 is 0 Å². The van der Waals surface area contributed by atoms with Gasteiger partial charge in [0.25, 0.3) is 0 Å². The molecule has 0 radical (unpaired) electrons. The third-order valence-electron chi connectivity index (χ3n) is 7.35. The van der Waals surface area contributed by atoms with Crippen LogP contribution in [-0.2, 0) is 26.2 Å². The molecule has 1 aliphatic rings. The van der Waals surface area contributed by atoms with E-state index in [9.17, 15) is 18.0 Å². The van der Waals surface area contributed by atoms with Crippen LogP contribution in [0.5, 0.6) is 0 Å². The number of anilines is 1. The van der Waals surface area contributed by atoms with E-state index < -0.39 is 16.1 Å². The molecule has 1 saturated carbocycles. The zero-order valence-electron chi connectivity index (χ0n) is 23.3. The van der Waals surface area contributed by atoms with E-state index in [1.165, 1.54) is 10.7 Å². The molecule has 0 aliphatic heterocycles. The lowest BCUT2D eigenvalue weighted by Crippen LogP contribution is -2.51. The molecule has 1 fully saturated rings. The zero-order valence-corrected chi connectivity index (χ0v) is 26.3. The first-order valence-corrected chi connectivity index (χ1v) is 16.7. The van der Waals surface area contributed by atoms with E-state index in [0.29, 0.717) is 38.3 Å². The van der Waals surface area contributed by atoms with Crippen LogP contribution in [0.25, 0.3) is 0 Å². The van der Waals surface area contributed by atoms with E-state index in [4.69, 9.17) is 34.8 Å². The number of hydrogen-bond donors (Lipinski definition) is 1. The van der Waals surface area contributed by atoms with Crippen molar-refractivity contribution >= 4 is 62.3 Å². The van der Waals surface area contributed by atoms with Gasteiger partial charge in [0.2, 0.25) is 21.8 Å². The highest BCUT2D eigenvalue weighted by Crippen LogP contribution is 2.29. The second-order valence-corrected chi connectivity index (χ2v) is 13.5. The number of halogens is 3. The minimum atomic E-state index is -3.63. The van der Waals surface area contributed by atoms with Crippen molar-refractivity contribution in [2.75, 3.05) is 17.1 Å². The van der Waals surface area contributed by atoms with E-state index in [1.54, 1.807) is 48.2 Å². The SMILES string of the molecule is CCC(C(=O)NC1CCCCC1)N(Cc1ccc(Cl)cc1Cl)C(=O)CCCN(c1cccc(Cl)c1C)S(C)(=O)=O. The van der Waals surface area contributed by atoms with Crippen LogP contribution >= 0.6 is 34.8 Å². The molecule has 1 aliphatic carbocycles. The summed E-state index contributed by atoms with van der Waals surface area (Å²) in [6.45, 7) is 3.86. The summed E-state index contributed by atoms with van der Waals surface area (Å²) < 4.78 is 26.6. The van der Waals surface area contributed by atoms with Crippen LogP contribution in [0.1, 0.15) is 69.4 Å². The van der Waals surface area contributed by atoms with Crippen molar-refractivity contribution in [2.45, 2.75) is 83.8 Å². The lowest BCUT2D eigenvalue weighted by Gasteiger charge is -2.33. The number of carbonyl (C=O) groups is 2. The quantitative estimate of drug-likeness (QED) is 0.281. The van der Waals surface area contributed by atoms with Crippen LogP contribution in [0.3, 0.4) is 0 Å². The first-order chi connectivity index (χ1) is 18.9. The fourth-order valence-electron chi connectivity index (χ4n) is 5.15. The number of hydrogen-bond acceptors (Lipinski definition) is 4. The van der Waals surface area contributed by atoms with Crippen molar-refractivity contribution in [3.8, 4) is 0 Å². The summed E-state index contributed by atoms with van der Waals surface area (Å²) >= 11 is 18.8. The van der Waals surface area contributed by atoms with Gasteiger partial charge in [0.05, 0.1) is 11.9 Å². The number of amides is 2. The average molecular weight is 631 g/mol. The van der Waals surface area contributed by atoms with Crippen LogP contribution in [0.2, 0.25) is 15.1 Å². The fourth-order valence-corrected chi connectivity index (χ4v) is 6.80. The van der Waals surface area contributed by atoms with Crippen LogP contribution in [0.4, 0.5) is 5.69 Å². The van der Waals surface area contributed by atoms with Gasteiger partial charge in [-0.3, -0.25) is 13.9 Å². The second-order valence-electron chi connectivity index (χ2n) is 10.3. The molecule has 2 amide bonds. The summed E-state index contributed by atoms with van der Waals surface area (Å²) in [5.74, 6) is -0.437. The molecule has 3 rings (SSSR count). The first kappa shape index (κ1) is 32.5. The Labute approximate surface area is 253 Å². The number of nitrogens with one attached hydrogen (secondary N) is 1. The smallest absolute Gasteiger partial charge is 0.243 e. The van der Waals surface area contributed by atoms with Gasteiger partial charge in [-0.2, -0.15) is 0 Å². The number of nitrogens with zero attached hydrogens (tertiary/aromatic N) is 2. The molecular weight excluding hydrogens is 593 g/mol. The molecule has 11 heteroatoms. The molecular formula is C29H38Cl3N3O4S. The normalized spacial score (nSPS) is 14.9. The molecule has 1 unspecified atom stereocenters. The highest BCUT2D eigenvalue weighted by molar-refractivity contribution is 7.92. The molecule has 0 saturated heterocycles. The summed E-state index contributed by atoms with van der Waals surface area (Å²) in [6.07, 6.45) is 7.05. The van der Waals surface area contributed by atoms with Gasteiger partial charge in [-0.25, -0.2) is 8.42 Å². The fraction of sp³-hybridized carbons (Fsp3) is 0.517. The Kier molecular flexibility index (Phi) is 12.0. The molecule has 0 bridgehead atoms. The summed E-state index contributed by atoms with van der Waals surface area (Å²) in [5.41, 5.74) is 1.80. The van der Waals surface area contributed by atoms with E-state index in [2.05, 4.69) is 5.32 Å². The Morgan fingerprint density at radius 3 is 2.38 bits per heavy atom. The summed E-state index contributed by atoms with van der Waals surface area (Å²) in [7, 11) is -3.63. The Morgan fingerprint density at radius 1 is 1.05 bits per heavy atom. The Morgan fingerprint density at radius 2 is 1.75 bits per heavy atom. The van der Waals surface area contributed by atoms with Crippen LogP contribution in [0.15, 0.2) is 36.4 Å². The predicted octanol–water partition coefficient (Wildman–Crippen LogP) is 6.76. The van der Waals surface area contributed by atoms with Crippen LogP contribution in [0, 0.1) is 6.92 Å². The van der Waals surface area contributed by atoms with Gasteiger partial charge < -0.3 is 10.2 Å². The van der Waals surface area contributed by atoms with E-state index in [0.717, 1.165) is 31.9 Å². The Balaban J connectivity index is 1.81. The number of benzene rings is 2. The third-order valence-corrected chi connectivity index (χ3v) is 9.53. The zero-order chi connectivity index (χ0) is 29.4. The molecule has 7 nitrogen and oxygen atoms in total. The molecule has 220 valence electrons. The topological polar surface area (TPSA) is 86.8 Å². The van der Waals surface area contributed by atoms with Crippen molar-refractivity contribution in [3.63, 3.8) is 0 Å². The third kappa shape index (κ3) is 8.75. The molecule has 0 heterocycles. The molecule has 1 atom stereocenters. The highest BCUT2D eigenvalue weighted by Gasteiger charge is 2.31. The van der Waals surface area contributed by atoms with Gasteiger partial charge in [-0.15, -0.1) is 0 Å². The molecule has 0 spiro atoms. The molecule has 1 N–H and O–H groups in total. The molecule has 2 aromatic rings. The van der Waals surface area contributed by atoms with E-state index in [-0.39, 0.29) is 43.8 Å². The number of rotatable bonds is 12.